The zero-order valence-electron chi connectivity index (χ0n) is 31.7. The first-order valence-electron chi connectivity index (χ1n) is 17.6. The molecular weight excluding hydrogens is 884 g/mol. The van der Waals surface area contributed by atoms with E-state index in [1.807, 2.05) is 0 Å². The second-order valence-corrected chi connectivity index (χ2v) is 15.1. The van der Waals surface area contributed by atoms with E-state index in [-0.39, 0.29) is 53.2 Å². The van der Waals surface area contributed by atoms with Crippen LogP contribution in [0.2, 0.25) is 0 Å². The Kier molecular flexibility index (Phi) is 14.3. The number of halogens is 2. The predicted octanol–water partition coefficient (Wildman–Crippen LogP) is 3.04. The minimum atomic E-state index is -5.07. The molecule has 6 rings (SSSR count). The number of carbonyl (C=O) groups excluding carboxylic acids is 4. The number of nitrogens with one attached hydrogen (secondary N) is 2. The van der Waals surface area contributed by atoms with Crippen LogP contribution in [0, 0.1) is 11.6 Å². The Morgan fingerprint density at radius 1 is 0.619 bits per heavy atom. The van der Waals surface area contributed by atoms with E-state index in [0.29, 0.717) is 23.8 Å². The van der Waals surface area contributed by atoms with Crippen molar-refractivity contribution >= 4 is 50.8 Å². The van der Waals surface area contributed by atoms with E-state index in [2.05, 4.69) is 50.0 Å². The van der Waals surface area contributed by atoms with Crippen molar-refractivity contribution in [3.8, 4) is 11.6 Å². The van der Waals surface area contributed by atoms with Crippen LogP contribution in [-0.2, 0) is 40.5 Å². The summed E-state index contributed by atoms with van der Waals surface area (Å²) in [6.45, 7) is -2.47. The number of aryl methyl sites for hydroxylation is 2. The first kappa shape index (κ1) is 45.5. The van der Waals surface area contributed by atoms with Gasteiger partial charge in [0.15, 0.2) is 23.0 Å². The molecular formula is C35H30F2N10O14P2. The zero-order valence-corrected chi connectivity index (χ0v) is 33.5. The molecule has 63 heavy (non-hydrogen) atoms. The van der Waals surface area contributed by atoms with E-state index in [9.17, 15) is 28.3 Å². The predicted molar refractivity (Wildman–Crippen MR) is 206 cm³/mol. The molecule has 0 fully saturated rings. The molecule has 4 heterocycles. The number of esters is 2. The number of carbonyl (C=O) groups is 4. The summed E-state index contributed by atoms with van der Waals surface area (Å²) in [4.78, 5) is 95.9. The number of benzene rings is 2. The molecule has 24 nitrogen and oxygen atoms in total. The third kappa shape index (κ3) is 12.5. The van der Waals surface area contributed by atoms with Crippen LogP contribution in [-0.4, -0.2) is 96.4 Å². The summed E-state index contributed by atoms with van der Waals surface area (Å²) in [6, 6.07) is 8.99. The van der Waals surface area contributed by atoms with Crippen LogP contribution in [0.15, 0.2) is 86.0 Å². The van der Waals surface area contributed by atoms with Crippen LogP contribution in [0.5, 0.6) is 0 Å². The maximum Gasteiger partial charge on any atom is 0.472 e. The summed E-state index contributed by atoms with van der Waals surface area (Å²) in [5.41, 5.74) is -2.58. The Hall–Kier alpha value is -7.02. The number of hydrogen-bond acceptors (Lipinski definition) is 16. The molecule has 0 saturated carbocycles. The minimum Gasteiger partial charge on any atom is -0.434 e. The van der Waals surface area contributed by atoms with Crippen molar-refractivity contribution in [3.05, 3.63) is 131 Å². The van der Waals surface area contributed by atoms with Gasteiger partial charge in [-0.05, 0) is 78.9 Å². The normalized spacial score (nSPS) is 11.5. The maximum atomic E-state index is 15.6. The van der Waals surface area contributed by atoms with Crippen LogP contribution in [0.3, 0.4) is 0 Å². The summed E-state index contributed by atoms with van der Waals surface area (Å²) in [5.74, 6) is -5.94. The number of rotatable bonds is 18. The molecule has 0 aliphatic rings. The van der Waals surface area contributed by atoms with Gasteiger partial charge in [-0.3, -0.25) is 18.7 Å². The smallest absolute Gasteiger partial charge is 0.434 e. The highest BCUT2D eigenvalue weighted by Crippen LogP contribution is 2.36. The highest BCUT2D eigenvalue weighted by molar-refractivity contribution is 7.46. The fourth-order valence-corrected chi connectivity index (χ4v) is 5.80. The summed E-state index contributed by atoms with van der Waals surface area (Å²) in [5, 5.41) is 20.4. The average molecular weight is 915 g/mol. The van der Waals surface area contributed by atoms with Crippen LogP contribution < -0.4 is 10.6 Å². The molecule has 0 bridgehead atoms. The van der Waals surface area contributed by atoms with Crippen molar-refractivity contribution in [3.63, 3.8) is 0 Å². The van der Waals surface area contributed by atoms with Crippen LogP contribution >= 0.6 is 15.6 Å². The number of phosphoric ester groups is 2. The molecule has 0 aliphatic carbocycles. The van der Waals surface area contributed by atoms with Gasteiger partial charge in [-0.2, -0.15) is 0 Å². The standard InChI is InChI=1S/C35H30F2N10O14P2/c36-24-14-22(34(50)58-18-60-62(52,53)54)28(40-32(48)26-4-6-30(44-42-26)46-10-8-38-16-46)12-20(24)2-1-3-21-13-29(23(15-25(21)37)35(51)59-19-61-63(55,56)57)41-33(49)27-5-7-31(45-43-27)47-11-9-39-17-47/h4-17H,1-3,18-19H2,(H,40,48)(H,41,49)(H2,52,53,54)(H2,55,56,57). The zero-order chi connectivity index (χ0) is 45.3. The van der Waals surface area contributed by atoms with E-state index in [0.717, 1.165) is 12.1 Å². The number of hydrogen-bond donors (Lipinski definition) is 6. The van der Waals surface area contributed by atoms with Crippen molar-refractivity contribution in [2.75, 3.05) is 24.2 Å². The second kappa shape index (κ2) is 19.8. The van der Waals surface area contributed by atoms with E-state index in [1.165, 1.54) is 58.4 Å². The molecule has 0 spiro atoms. The lowest BCUT2D eigenvalue weighted by molar-refractivity contribution is 0.00489. The number of ether oxygens (including phenoxy) is 2. The SMILES string of the molecule is O=C(Nc1cc(CCCc2cc(NC(=O)c3ccc(-n4ccnc4)nn3)c(C(=O)OCOP(=O)(O)O)cc2F)c(F)cc1C(=O)OCOP(=O)(O)O)c1ccc(-n2ccnc2)nn1. The number of phosphoric acid groups is 2. The Balaban J connectivity index is 1.22. The van der Waals surface area contributed by atoms with Crippen molar-refractivity contribution in [1.29, 1.82) is 0 Å². The van der Waals surface area contributed by atoms with Gasteiger partial charge < -0.3 is 39.7 Å². The van der Waals surface area contributed by atoms with E-state index < -0.39 is 75.7 Å². The van der Waals surface area contributed by atoms with Gasteiger partial charge in [0, 0.05) is 24.8 Å². The molecule has 2 aromatic carbocycles. The second-order valence-electron chi connectivity index (χ2n) is 12.6. The molecule has 0 unspecified atom stereocenters. The van der Waals surface area contributed by atoms with Gasteiger partial charge in [-0.1, -0.05) is 0 Å². The van der Waals surface area contributed by atoms with Crippen LogP contribution in [0.4, 0.5) is 20.2 Å². The van der Waals surface area contributed by atoms with Crippen LogP contribution in [0.25, 0.3) is 11.6 Å². The number of nitrogens with zero attached hydrogens (tertiary/aromatic N) is 8. The van der Waals surface area contributed by atoms with Crippen molar-refractivity contribution in [2.24, 2.45) is 0 Å². The Morgan fingerprint density at radius 3 is 1.37 bits per heavy atom. The van der Waals surface area contributed by atoms with Gasteiger partial charge in [0.25, 0.3) is 11.8 Å². The Morgan fingerprint density at radius 2 is 1.03 bits per heavy atom. The lowest BCUT2D eigenvalue weighted by atomic mass is 9.99. The van der Waals surface area contributed by atoms with E-state index in [4.69, 9.17) is 29.0 Å². The highest BCUT2D eigenvalue weighted by Gasteiger charge is 2.24. The van der Waals surface area contributed by atoms with Crippen molar-refractivity contribution in [1.82, 2.24) is 39.5 Å². The van der Waals surface area contributed by atoms with Gasteiger partial charge in [0.05, 0.1) is 22.5 Å². The lowest BCUT2D eigenvalue weighted by Gasteiger charge is -2.15. The number of imidazole rings is 2. The van der Waals surface area contributed by atoms with Gasteiger partial charge in [0.1, 0.15) is 24.3 Å². The number of aromatic nitrogens is 8. The highest BCUT2D eigenvalue weighted by atomic mass is 31.2. The first-order chi connectivity index (χ1) is 29.9. The van der Waals surface area contributed by atoms with Crippen molar-refractivity contribution < 1.29 is 75.2 Å². The topological polar surface area (TPSA) is 332 Å². The molecule has 4 aromatic heterocycles. The molecule has 6 aromatic rings. The number of amides is 2. The maximum absolute atomic E-state index is 15.6. The molecule has 0 radical (unpaired) electrons. The monoisotopic (exact) mass is 914 g/mol. The summed E-state index contributed by atoms with van der Waals surface area (Å²) in [6.07, 6.45) is 8.59. The Labute approximate surface area is 351 Å². The summed E-state index contributed by atoms with van der Waals surface area (Å²) in [7, 11) is -10.1. The van der Waals surface area contributed by atoms with E-state index in [1.54, 1.807) is 12.4 Å². The first-order valence-corrected chi connectivity index (χ1v) is 20.7. The Bertz CT molecular complexity index is 2530. The average Bonchev–Trinajstić information content (AvgIpc) is 3.98. The third-order valence-electron chi connectivity index (χ3n) is 8.33. The van der Waals surface area contributed by atoms with Crippen molar-refractivity contribution in [2.45, 2.75) is 19.3 Å². The number of anilines is 2. The largest absolute Gasteiger partial charge is 0.472 e. The third-order valence-corrected chi connectivity index (χ3v) is 9.21. The van der Waals surface area contributed by atoms with Gasteiger partial charge in [0.2, 0.25) is 13.6 Å². The summed E-state index contributed by atoms with van der Waals surface area (Å²) < 4.78 is 74.0. The summed E-state index contributed by atoms with van der Waals surface area (Å²) >= 11 is 0. The molecule has 28 heteroatoms. The molecule has 6 N–H and O–H groups in total. The van der Waals surface area contributed by atoms with Gasteiger partial charge in [-0.15, -0.1) is 20.4 Å². The van der Waals surface area contributed by atoms with Crippen LogP contribution in [0.1, 0.15) is 59.2 Å². The lowest BCUT2D eigenvalue weighted by Crippen LogP contribution is -2.19. The van der Waals surface area contributed by atoms with Gasteiger partial charge >= 0.3 is 27.6 Å². The molecule has 0 atom stereocenters. The molecule has 0 saturated heterocycles. The fraction of sp³-hybridized carbons (Fsp3) is 0.143. The minimum absolute atomic E-state index is 0.0448. The quantitative estimate of drug-likeness (QED) is 0.0410. The molecule has 328 valence electrons. The van der Waals surface area contributed by atoms with Gasteiger partial charge in [-0.25, -0.2) is 46.5 Å². The molecule has 0 aliphatic heterocycles. The fourth-order valence-electron chi connectivity index (χ4n) is 5.42. The van der Waals surface area contributed by atoms with E-state index >= 15 is 8.78 Å². The molecule has 2 amide bonds.